The van der Waals surface area contributed by atoms with Crippen LogP contribution in [-0.4, -0.2) is 64.0 Å². The van der Waals surface area contributed by atoms with Gasteiger partial charge in [0, 0.05) is 25.7 Å². The fourth-order valence-electron chi connectivity index (χ4n) is 5.15. The second-order valence-corrected chi connectivity index (χ2v) is 10.5. The molecule has 0 bridgehead atoms. The van der Waals surface area contributed by atoms with Crippen molar-refractivity contribution >= 4 is 40.2 Å². The zero-order valence-electron chi connectivity index (χ0n) is 22.7. The normalized spacial score (nSPS) is 18.3. The Morgan fingerprint density at radius 1 is 1.29 bits per heavy atom. The zero-order valence-corrected chi connectivity index (χ0v) is 23.5. The number of carbonyl (C=O) groups is 1. The summed E-state index contributed by atoms with van der Waals surface area (Å²) >= 11 is 6.08. The Hall–Kier alpha value is -3.42. The lowest BCUT2D eigenvalue weighted by Gasteiger charge is -2.26. The van der Waals surface area contributed by atoms with E-state index in [0.29, 0.717) is 62.9 Å². The van der Waals surface area contributed by atoms with Crippen LogP contribution in [0.1, 0.15) is 43.8 Å². The predicted octanol–water partition coefficient (Wildman–Crippen LogP) is 3.76. The van der Waals surface area contributed by atoms with Crippen molar-refractivity contribution in [1.82, 2.24) is 24.5 Å². The number of carbonyl (C=O) groups excluding carboxylic acids is 1. The summed E-state index contributed by atoms with van der Waals surface area (Å²) in [4.78, 5) is 33.9. The third-order valence-electron chi connectivity index (χ3n) is 7.31. The topological polar surface area (TPSA) is 106 Å². The fraction of sp³-hybridized carbons (Fsp3) is 0.481. The molecule has 2 aliphatic heterocycles. The van der Waals surface area contributed by atoms with Gasteiger partial charge in [0.05, 0.1) is 35.2 Å². The van der Waals surface area contributed by atoms with Crippen molar-refractivity contribution in [3.63, 3.8) is 0 Å². The number of hydrogen-bond acceptors (Lipinski definition) is 7. The van der Waals surface area contributed by atoms with E-state index < -0.39 is 17.6 Å². The molecule has 1 amide bonds. The molecule has 0 unspecified atom stereocenters. The van der Waals surface area contributed by atoms with E-state index in [1.807, 2.05) is 17.9 Å². The van der Waals surface area contributed by atoms with E-state index in [1.54, 1.807) is 4.57 Å². The maximum atomic E-state index is 13.9. The third-order valence-corrected chi connectivity index (χ3v) is 7.62. The SMILES string of the molecule is CCc1c(N2CCN[C@H](C)CC2)c(=O)n2nc(C3=CCOCC3)nc2n1CC(=O)Nc1ccc(C(F)(F)F)cc1Cl. The molecule has 220 valence electrons. The molecule has 5 rings (SSSR count). The van der Waals surface area contributed by atoms with E-state index in [-0.39, 0.29) is 34.6 Å². The van der Waals surface area contributed by atoms with Crippen LogP contribution in [0.2, 0.25) is 5.02 Å². The van der Waals surface area contributed by atoms with Crippen LogP contribution in [0.15, 0.2) is 29.1 Å². The number of nitrogens with one attached hydrogen (secondary N) is 2. The molecule has 2 N–H and O–H groups in total. The summed E-state index contributed by atoms with van der Waals surface area (Å²) in [5.41, 5.74) is 0.723. The Bertz CT molecular complexity index is 1550. The number of anilines is 2. The molecule has 0 radical (unpaired) electrons. The van der Waals surface area contributed by atoms with E-state index in [9.17, 15) is 22.8 Å². The minimum Gasteiger partial charge on any atom is -0.377 e. The summed E-state index contributed by atoms with van der Waals surface area (Å²) in [7, 11) is 0. The molecule has 4 heterocycles. The van der Waals surface area contributed by atoms with Crippen LogP contribution in [0, 0.1) is 0 Å². The quantitative estimate of drug-likeness (QED) is 0.448. The second kappa shape index (κ2) is 11.8. The lowest BCUT2D eigenvalue weighted by Crippen LogP contribution is -2.37. The highest BCUT2D eigenvalue weighted by atomic mass is 35.5. The average Bonchev–Trinajstić information content (AvgIpc) is 3.28. The fourth-order valence-corrected chi connectivity index (χ4v) is 5.38. The summed E-state index contributed by atoms with van der Waals surface area (Å²) in [6.07, 6.45) is -0.861. The van der Waals surface area contributed by atoms with Crippen molar-refractivity contribution in [3.8, 4) is 0 Å². The van der Waals surface area contributed by atoms with Crippen LogP contribution < -0.4 is 21.1 Å². The monoisotopic (exact) mass is 593 g/mol. The Morgan fingerprint density at radius 3 is 2.78 bits per heavy atom. The van der Waals surface area contributed by atoms with Gasteiger partial charge in [-0.3, -0.25) is 9.59 Å². The van der Waals surface area contributed by atoms with Gasteiger partial charge in [0.25, 0.3) is 5.56 Å². The van der Waals surface area contributed by atoms with E-state index >= 15 is 0 Å². The molecular weight excluding hydrogens is 563 g/mol. The first-order valence-corrected chi connectivity index (χ1v) is 13.9. The predicted molar refractivity (Wildman–Crippen MR) is 149 cm³/mol. The van der Waals surface area contributed by atoms with Crippen molar-refractivity contribution in [2.24, 2.45) is 0 Å². The van der Waals surface area contributed by atoms with Gasteiger partial charge in [-0.2, -0.15) is 22.7 Å². The Labute approximate surface area is 239 Å². The van der Waals surface area contributed by atoms with Gasteiger partial charge in [-0.15, -0.1) is 5.10 Å². The molecule has 2 aliphatic rings. The van der Waals surface area contributed by atoms with Crippen LogP contribution >= 0.6 is 11.6 Å². The first-order chi connectivity index (χ1) is 19.6. The summed E-state index contributed by atoms with van der Waals surface area (Å²) in [5, 5.41) is 10.3. The molecule has 1 atom stereocenters. The number of fused-ring (bicyclic) bond motifs is 1. The van der Waals surface area contributed by atoms with E-state index in [0.717, 1.165) is 30.2 Å². The van der Waals surface area contributed by atoms with Gasteiger partial charge >= 0.3 is 6.18 Å². The summed E-state index contributed by atoms with van der Waals surface area (Å²) < 4.78 is 47.5. The van der Waals surface area contributed by atoms with E-state index in [1.165, 1.54) is 4.52 Å². The summed E-state index contributed by atoms with van der Waals surface area (Å²) in [5.74, 6) is 0.0440. The molecule has 0 saturated carbocycles. The maximum Gasteiger partial charge on any atom is 0.416 e. The number of halogens is 4. The van der Waals surface area contributed by atoms with Crippen LogP contribution in [0.5, 0.6) is 0 Å². The number of aromatic nitrogens is 4. The highest BCUT2D eigenvalue weighted by Gasteiger charge is 2.31. The maximum absolute atomic E-state index is 13.9. The van der Waals surface area contributed by atoms with Gasteiger partial charge < -0.3 is 24.8 Å². The van der Waals surface area contributed by atoms with Gasteiger partial charge in [0.2, 0.25) is 11.7 Å². The van der Waals surface area contributed by atoms with Crippen LogP contribution in [-0.2, 0) is 28.7 Å². The van der Waals surface area contributed by atoms with Crippen LogP contribution in [0.3, 0.4) is 0 Å². The number of benzene rings is 1. The lowest BCUT2D eigenvalue weighted by molar-refractivity contribution is -0.137. The van der Waals surface area contributed by atoms with Crippen molar-refractivity contribution in [3.05, 3.63) is 56.7 Å². The molecule has 1 saturated heterocycles. The number of nitrogens with zero attached hydrogens (tertiary/aromatic N) is 5. The van der Waals surface area contributed by atoms with E-state index in [2.05, 4.69) is 27.6 Å². The minimum atomic E-state index is -4.56. The Kier molecular flexibility index (Phi) is 8.39. The van der Waals surface area contributed by atoms with Crippen molar-refractivity contribution in [2.75, 3.05) is 43.1 Å². The first kappa shape index (κ1) is 29.1. The number of hydrogen-bond donors (Lipinski definition) is 2. The third kappa shape index (κ3) is 6.11. The second-order valence-electron chi connectivity index (χ2n) is 10.1. The Balaban J connectivity index is 1.57. The van der Waals surface area contributed by atoms with Gasteiger partial charge in [-0.25, -0.2) is 0 Å². The van der Waals surface area contributed by atoms with Gasteiger partial charge in [0.1, 0.15) is 12.2 Å². The van der Waals surface area contributed by atoms with Crippen molar-refractivity contribution < 1.29 is 22.7 Å². The number of ether oxygens (including phenoxy) is 1. The summed E-state index contributed by atoms with van der Waals surface area (Å²) in [6, 6.07) is 3.03. The minimum absolute atomic E-state index is 0.0436. The molecule has 3 aromatic rings. The van der Waals surface area contributed by atoms with Gasteiger partial charge in [-0.05, 0) is 50.0 Å². The molecule has 10 nitrogen and oxygen atoms in total. The molecule has 41 heavy (non-hydrogen) atoms. The summed E-state index contributed by atoms with van der Waals surface area (Å²) in [6.45, 7) is 6.56. The Morgan fingerprint density at radius 2 is 2.10 bits per heavy atom. The smallest absolute Gasteiger partial charge is 0.377 e. The highest BCUT2D eigenvalue weighted by molar-refractivity contribution is 6.33. The molecule has 1 aromatic carbocycles. The van der Waals surface area contributed by atoms with Crippen molar-refractivity contribution in [1.29, 1.82) is 0 Å². The van der Waals surface area contributed by atoms with Crippen LogP contribution in [0.25, 0.3) is 11.4 Å². The molecule has 0 spiro atoms. The van der Waals surface area contributed by atoms with Crippen LogP contribution in [0.4, 0.5) is 24.5 Å². The number of alkyl halides is 3. The molecule has 1 fully saturated rings. The highest BCUT2D eigenvalue weighted by Crippen LogP contribution is 2.34. The zero-order chi connectivity index (χ0) is 29.3. The van der Waals surface area contributed by atoms with Crippen molar-refractivity contribution in [2.45, 2.75) is 51.9 Å². The van der Waals surface area contributed by atoms with Gasteiger partial charge in [-0.1, -0.05) is 24.6 Å². The first-order valence-electron chi connectivity index (χ1n) is 13.5. The number of rotatable bonds is 6. The number of amides is 1. The van der Waals surface area contributed by atoms with Gasteiger partial charge in [0.15, 0.2) is 5.82 Å². The van der Waals surface area contributed by atoms with E-state index in [4.69, 9.17) is 16.3 Å². The largest absolute Gasteiger partial charge is 0.416 e. The average molecular weight is 594 g/mol. The molecule has 2 aromatic heterocycles. The molecule has 0 aliphatic carbocycles. The molecule has 14 heteroatoms. The molecular formula is C27H31ClF3N7O3. The standard InChI is InChI=1S/C27H31ClF3N7O3/c1-3-21-23(36-10-6-16(2)32-9-11-36)25(40)38-26(34-24(35-38)17-7-12-41-13-8-17)37(21)15-22(39)33-20-5-4-18(14-19(20)28)27(29,30)31/h4-5,7,14,16,32H,3,6,8-13,15H2,1-2H3,(H,33,39)/t16-/m1/s1. The lowest BCUT2D eigenvalue weighted by atomic mass is 10.1.